The largest absolute Gasteiger partial charge is 0.497 e. The molecule has 0 radical (unpaired) electrons. The third kappa shape index (κ3) is 4.08. The summed E-state index contributed by atoms with van der Waals surface area (Å²) >= 11 is 0. The van der Waals surface area contributed by atoms with Crippen molar-refractivity contribution in [2.45, 2.75) is 31.8 Å². The van der Waals surface area contributed by atoms with E-state index in [-0.39, 0.29) is 12.1 Å². The molecule has 1 saturated heterocycles. The molecule has 2 heterocycles. The number of aromatic nitrogens is 1. The quantitative estimate of drug-likeness (QED) is 0.583. The number of carbonyl (C=O) groups excluding carboxylic acids is 1. The van der Waals surface area contributed by atoms with Crippen molar-refractivity contribution in [3.05, 3.63) is 60.3 Å². The summed E-state index contributed by atoms with van der Waals surface area (Å²) in [6.45, 7) is 2.28. The molecule has 0 bridgehead atoms. The van der Waals surface area contributed by atoms with E-state index >= 15 is 0 Å². The summed E-state index contributed by atoms with van der Waals surface area (Å²) in [5.74, 6) is 1.51. The maximum absolute atomic E-state index is 12.9. The maximum atomic E-state index is 12.9. The van der Waals surface area contributed by atoms with Crippen LogP contribution >= 0.6 is 0 Å². The summed E-state index contributed by atoms with van der Waals surface area (Å²) in [7, 11) is 3.29. The van der Waals surface area contributed by atoms with Crippen LogP contribution in [0, 0.1) is 0 Å². The minimum Gasteiger partial charge on any atom is -0.497 e. The molecule has 1 unspecified atom stereocenters. The molecule has 6 heteroatoms. The number of rotatable bonds is 7. The first-order chi connectivity index (χ1) is 14.7. The highest BCUT2D eigenvalue weighted by Gasteiger charge is 2.31. The Balaban J connectivity index is 1.35. The number of likely N-dealkylation sites (tertiary alicyclic amines) is 1. The molecular weight excluding hydrogens is 378 g/mol. The highest BCUT2D eigenvalue weighted by atomic mass is 16.5. The minimum atomic E-state index is -0.00673. The molecule has 1 aromatic heterocycles. The Labute approximate surface area is 177 Å². The fourth-order valence-electron chi connectivity index (χ4n) is 4.31. The first-order valence-corrected chi connectivity index (χ1v) is 10.5. The lowest BCUT2D eigenvalue weighted by Gasteiger charge is -2.26. The van der Waals surface area contributed by atoms with Gasteiger partial charge in [0.2, 0.25) is 0 Å². The molecule has 4 rings (SSSR count). The number of amides is 2. The molecular formula is C24H29N3O3. The summed E-state index contributed by atoms with van der Waals surface area (Å²) in [5.41, 5.74) is 2.26. The normalized spacial score (nSPS) is 16.1. The second-order valence-corrected chi connectivity index (χ2v) is 7.61. The molecule has 1 aliphatic rings. The number of para-hydroxylation sites is 1. The molecule has 1 aliphatic heterocycles. The molecule has 1 fully saturated rings. The van der Waals surface area contributed by atoms with E-state index in [1.165, 1.54) is 10.9 Å². The number of aryl methyl sites for hydroxylation is 1. The predicted octanol–water partition coefficient (Wildman–Crippen LogP) is 4.60. The SMILES string of the molecule is COc1ccc(C2CCCN2C(=O)NCCCn2ccc3ccccc32)c(OC)c1. The van der Waals surface area contributed by atoms with E-state index in [1.807, 2.05) is 23.1 Å². The third-order valence-electron chi connectivity index (χ3n) is 5.85. The van der Waals surface area contributed by atoms with Crippen LogP contribution in [-0.2, 0) is 6.54 Å². The molecule has 0 spiro atoms. The number of hydrogen-bond acceptors (Lipinski definition) is 3. The maximum Gasteiger partial charge on any atom is 0.317 e. The lowest BCUT2D eigenvalue weighted by Crippen LogP contribution is -2.40. The molecule has 0 aliphatic carbocycles. The second-order valence-electron chi connectivity index (χ2n) is 7.61. The van der Waals surface area contributed by atoms with Gasteiger partial charge >= 0.3 is 6.03 Å². The number of carbonyl (C=O) groups is 1. The number of hydrogen-bond donors (Lipinski definition) is 1. The summed E-state index contributed by atoms with van der Waals surface area (Å²) in [6.07, 6.45) is 4.92. The Morgan fingerprint density at radius 2 is 2.00 bits per heavy atom. The molecule has 0 saturated carbocycles. The van der Waals surface area contributed by atoms with E-state index in [0.717, 1.165) is 49.4 Å². The van der Waals surface area contributed by atoms with Gasteiger partial charge in [0.1, 0.15) is 11.5 Å². The Morgan fingerprint density at radius 3 is 2.83 bits per heavy atom. The molecule has 6 nitrogen and oxygen atoms in total. The number of urea groups is 1. The van der Waals surface area contributed by atoms with Crippen LogP contribution in [0.2, 0.25) is 0 Å². The van der Waals surface area contributed by atoms with Gasteiger partial charge in [-0.15, -0.1) is 0 Å². The zero-order chi connectivity index (χ0) is 20.9. The highest BCUT2D eigenvalue weighted by Crippen LogP contribution is 2.38. The summed E-state index contributed by atoms with van der Waals surface area (Å²) < 4.78 is 13.1. The van der Waals surface area contributed by atoms with Crippen LogP contribution in [0.15, 0.2) is 54.7 Å². The van der Waals surface area contributed by atoms with Crippen molar-refractivity contribution in [3.63, 3.8) is 0 Å². The summed E-state index contributed by atoms with van der Waals surface area (Å²) in [5, 5.41) is 4.35. The minimum absolute atomic E-state index is 0.00673. The van der Waals surface area contributed by atoms with Crippen LogP contribution in [0.1, 0.15) is 30.9 Å². The fraction of sp³-hybridized carbons (Fsp3) is 0.375. The van der Waals surface area contributed by atoms with E-state index in [0.29, 0.717) is 6.54 Å². The van der Waals surface area contributed by atoms with Crippen molar-refractivity contribution in [1.82, 2.24) is 14.8 Å². The van der Waals surface area contributed by atoms with Crippen LogP contribution in [-0.4, -0.2) is 42.8 Å². The van der Waals surface area contributed by atoms with Crippen molar-refractivity contribution < 1.29 is 14.3 Å². The smallest absolute Gasteiger partial charge is 0.317 e. The van der Waals surface area contributed by atoms with Gasteiger partial charge in [-0.2, -0.15) is 0 Å². The number of fused-ring (bicyclic) bond motifs is 1. The molecule has 2 amide bonds. The van der Waals surface area contributed by atoms with Gasteiger partial charge in [0.25, 0.3) is 0 Å². The molecule has 3 aromatic rings. The Hall–Kier alpha value is -3.15. The zero-order valence-electron chi connectivity index (χ0n) is 17.6. The van der Waals surface area contributed by atoms with Crippen molar-refractivity contribution in [1.29, 1.82) is 0 Å². The van der Waals surface area contributed by atoms with Gasteiger partial charge in [-0.25, -0.2) is 4.79 Å². The topological polar surface area (TPSA) is 55.7 Å². The molecule has 1 N–H and O–H groups in total. The van der Waals surface area contributed by atoms with Crippen LogP contribution in [0.25, 0.3) is 10.9 Å². The van der Waals surface area contributed by atoms with E-state index in [4.69, 9.17) is 9.47 Å². The average Bonchev–Trinajstić information content (AvgIpc) is 3.43. The average molecular weight is 408 g/mol. The number of methoxy groups -OCH3 is 2. The number of nitrogens with zero attached hydrogens (tertiary/aromatic N) is 2. The molecule has 2 aromatic carbocycles. The van der Waals surface area contributed by atoms with Crippen LogP contribution < -0.4 is 14.8 Å². The number of ether oxygens (including phenoxy) is 2. The monoisotopic (exact) mass is 407 g/mol. The molecule has 1 atom stereocenters. The fourth-order valence-corrected chi connectivity index (χ4v) is 4.31. The van der Waals surface area contributed by atoms with Crippen molar-refractivity contribution >= 4 is 16.9 Å². The van der Waals surface area contributed by atoms with E-state index in [2.05, 4.69) is 46.4 Å². The van der Waals surface area contributed by atoms with Crippen LogP contribution in [0.5, 0.6) is 11.5 Å². The van der Waals surface area contributed by atoms with Crippen LogP contribution in [0.3, 0.4) is 0 Å². The van der Waals surface area contributed by atoms with Gasteiger partial charge in [-0.1, -0.05) is 18.2 Å². The van der Waals surface area contributed by atoms with Gasteiger partial charge in [0.05, 0.1) is 20.3 Å². The number of nitrogens with one attached hydrogen (secondary N) is 1. The Kier molecular flexibility index (Phi) is 6.12. The number of benzene rings is 2. The summed E-state index contributed by atoms with van der Waals surface area (Å²) in [4.78, 5) is 14.8. The second kappa shape index (κ2) is 9.11. The highest BCUT2D eigenvalue weighted by molar-refractivity contribution is 5.79. The summed E-state index contributed by atoms with van der Waals surface area (Å²) in [6, 6.07) is 16.3. The van der Waals surface area contributed by atoms with Crippen LogP contribution in [0.4, 0.5) is 4.79 Å². The standard InChI is InChI=1S/C24H29N3O3/c1-29-19-10-11-20(23(17-19)30-2)22-9-5-15-27(22)24(28)25-13-6-14-26-16-12-18-7-3-4-8-21(18)26/h3-4,7-8,10-12,16-17,22H,5-6,9,13-15H2,1-2H3,(H,25,28). The van der Waals surface area contributed by atoms with Gasteiger partial charge in [-0.05, 0) is 48.9 Å². The zero-order valence-corrected chi connectivity index (χ0v) is 17.6. The lowest BCUT2D eigenvalue weighted by molar-refractivity contribution is 0.192. The van der Waals surface area contributed by atoms with Gasteiger partial charge in [0, 0.05) is 43.0 Å². The molecule has 30 heavy (non-hydrogen) atoms. The molecule has 158 valence electrons. The van der Waals surface area contributed by atoms with E-state index in [9.17, 15) is 4.79 Å². The first-order valence-electron chi connectivity index (χ1n) is 10.5. The van der Waals surface area contributed by atoms with Gasteiger partial charge in [-0.3, -0.25) is 0 Å². The Morgan fingerprint density at radius 1 is 1.13 bits per heavy atom. The third-order valence-corrected chi connectivity index (χ3v) is 5.85. The predicted molar refractivity (Wildman–Crippen MR) is 118 cm³/mol. The van der Waals surface area contributed by atoms with E-state index in [1.54, 1.807) is 14.2 Å². The van der Waals surface area contributed by atoms with Gasteiger partial charge < -0.3 is 24.3 Å². The van der Waals surface area contributed by atoms with E-state index < -0.39 is 0 Å². The van der Waals surface area contributed by atoms with Gasteiger partial charge in [0.15, 0.2) is 0 Å². The first kappa shape index (κ1) is 20.1. The van der Waals surface area contributed by atoms with Crippen molar-refractivity contribution in [2.24, 2.45) is 0 Å². The Bertz CT molecular complexity index is 1010. The van der Waals surface area contributed by atoms with Crippen molar-refractivity contribution in [2.75, 3.05) is 27.3 Å². The lowest BCUT2D eigenvalue weighted by atomic mass is 10.0. The van der Waals surface area contributed by atoms with Crippen molar-refractivity contribution in [3.8, 4) is 11.5 Å².